The average Bonchev–Trinajstić information content (AvgIpc) is 2.12. The minimum atomic E-state index is -3.17. The molecule has 0 aliphatic heterocycles. The van der Waals surface area contributed by atoms with Gasteiger partial charge in [-0.15, -0.1) is 0 Å². The summed E-state index contributed by atoms with van der Waals surface area (Å²) in [5, 5.41) is 0. The molecule has 0 saturated carbocycles. The largest absolute Gasteiger partial charge is 0.362 e. The van der Waals surface area contributed by atoms with Crippen LogP contribution in [0.15, 0.2) is 0 Å². The number of hydrogen-bond donors (Lipinski definition) is 2. The summed E-state index contributed by atoms with van der Waals surface area (Å²) in [4.78, 5) is 0. The van der Waals surface area contributed by atoms with Crippen LogP contribution in [0.5, 0.6) is 0 Å². The average molecular weight is 196 g/mol. The Hall–Kier alpha value is 0.0700. The maximum Gasteiger partial charge on any atom is 0.362 e. The third-order valence-electron chi connectivity index (χ3n) is 1.61. The lowest BCUT2D eigenvalue weighted by Gasteiger charge is -2.10. The van der Waals surface area contributed by atoms with Gasteiger partial charge in [-0.2, -0.15) is 0 Å². The first kappa shape index (κ1) is 12.1. The highest BCUT2D eigenvalue weighted by atomic mass is 31.2. The predicted octanol–water partition coefficient (Wildman–Crippen LogP) is 1.54. The summed E-state index contributed by atoms with van der Waals surface area (Å²) in [6, 6.07) is 0. The van der Waals surface area contributed by atoms with Crippen molar-refractivity contribution in [2.45, 2.75) is 32.6 Å². The molecule has 0 amide bonds. The summed E-state index contributed by atoms with van der Waals surface area (Å²) in [6.45, 7) is 2.10. The molecular formula is C6H17N2O3P. The van der Waals surface area contributed by atoms with E-state index in [0.29, 0.717) is 6.16 Å². The van der Waals surface area contributed by atoms with Crippen LogP contribution in [-0.2, 0) is 13.8 Å². The van der Waals surface area contributed by atoms with Crippen LogP contribution in [0.1, 0.15) is 32.6 Å². The van der Waals surface area contributed by atoms with Gasteiger partial charge in [-0.1, -0.05) is 26.2 Å². The molecule has 0 unspecified atom stereocenters. The van der Waals surface area contributed by atoms with Gasteiger partial charge >= 0.3 is 7.60 Å². The van der Waals surface area contributed by atoms with Gasteiger partial charge in [0.15, 0.2) is 0 Å². The van der Waals surface area contributed by atoms with Crippen molar-refractivity contribution in [1.82, 2.24) is 0 Å². The van der Waals surface area contributed by atoms with E-state index in [-0.39, 0.29) is 0 Å². The number of nitrogens with two attached hydrogens (primary N) is 2. The summed E-state index contributed by atoms with van der Waals surface area (Å²) in [5.74, 6) is 9.53. The molecule has 0 aliphatic carbocycles. The molecule has 0 spiro atoms. The normalized spacial score (nSPS) is 11.9. The second-order valence-electron chi connectivity index (χ2n) is 2.61. The molecule has 0 atom stereocenters. The molecule has 6 heteroatoms. The van der Waals surface area contributed by atoms with Crippen molar-refractivity contribution in [1.29, 1.82) is 0 Å². The fraction of sp³-hybridized carbons (Fsp3) is 1.00. The van der Waals surface area contributed by atoms with Crippen LogP contribution in [-0.4, -0.2) is 6.16 Å². The highest BCUT2D eigenvalue weighted by molar-refractivity contribution is 7.53. The lowest BCUT2D eigenvalue weighted by molar-refractivity contribution is 0.211. The molecule has 0 rings (SSSR count). The Morgan fingerprint density at radius 1 is 1.17 bits per heavy atom. The van der Waals surface area contributed by atoms with Gasteiger partial charge in [0.2, 0.25) is 0 Å². The smallest absolute Gasteiger partial charge is 0.257 e. The molecular weight excluding hydrogens is 179 g/mol. The summed E-state index contributed by atoms with van der Waals surface area (Å²) in [7, 11) is -3.17. The van der Waals surface area contributed by atoms with Crippen LogP contribution in [0.2, 0.25) is 0 Å². The van der Waals surface area contributed by atoms with Crippen molar-refractivity contribution < 1.29 is 13.8 Å². The highest BCUT2D eigenvalue weighted by Crippen LogP contribution is 2.45. The summed E-state index contributed by atoms with van der Waals surface area (Å²) >= 11 is 0. The van der Waals surface area contributed by atoms with Gasteiger partial charge in [0, 0.05) is 0 Å². The Kier molecular flexibility index (Phi) is 6.61. The summed E-state index contributed by atoms with van der Waals surface area (Å²) in [6.07, 6.45) is 4.28. The van der Waals surface area contributed by atoms with Crippen molar-refractivity contribution in [3.63, 3.8) is 0 Å². The van der Waals surface area contributed by atoms with E-state index >= 15 is 0 Å². The van der Waals surface area contributed by atoms with Crippen molar-refractivity contribution in [2.75, 3.05) is 6.16 Å². The fourth-order valence-electron chi connectivity index (χ4n) is 0.862. The molecule has 0 bridgehead atoms. The third-order valence-corrected chi connectivity index (χ3v) is 3.11. The standard InChI is InChI=1S/C6H17N2O3P/c1-2-3-4-5-6-12(9,10-7)11-8/h2-8H2,1H3. The van der Waals surface area contributed by atoms with Crippen LogP contribution in [0.4, 0.5) is 0 Å². The molecule has 4 N–H and O–H groups in total. The number of hydrogen-bond acceptors (Lipinski definition) is 5. The second-order valence-corrected chi connectivity index (χ2v) is 4.70. The SMILES string of the molecule is CCCCCCP(=O)(ON)ON. The van der Waals surface area contributed by atoms with Crippen molar-refractivity contribution in [3.8, 4) is 0 Å². The van der Waals surface area contributed by atoms with Gasteiger partial charge in [0.1, 0.15) is 0 Å². The van der Waals surface area contributed by atoms with E-state index in [9.17, 15) is 4.57 Å². The molecule has 0 aliphatic rings. The molecule has 0 radical (unpaired) electrons. The van der Waals surface area contributed by atoms with E-state index in [1.807, 2.05) is 0 Å². The molecule has 74 valence electrons. The second kappa shape index (κ2) is 6.57. The molecule has 0 fully saturated rings. The Balaban J connectivity index is 3.52. The van der Waals surface area contributed by atoms with E-state index in [0.717, 1.165) is 25.7 Å². The van der Waals surface area contributed by atoms with Gasteiger partial charge in [0.25, 0.3) is 0 Å². The monoisotopic (exact) mass is 196 g/mol. The molecule has 12 heavy (non-hydrogen) atoms. The van der Waals surface area contributed by atoms with Crippen LogP contribution < -0.4 is 11.8 Å². The molecule has 0 aromatic rings. The molecule has 0 saturated heterocycles. The molecule has 0 heterocycles. The van der Waals surface area contributed by atoms with Gasteiger partial charge in [-0.3, -0.25) is 4.57 Å². The van der Waals surface area contributed by atoms with Crippen LogP contribution in [0.25, 0.3) is 0 Å². The van der Waals surface area contributed by atoms with E-state index in [2.05, 4.69) is 16.2 Å². The van der Waals surface area contributed by atoms with Gasteiger partial charge < -0.3 is 0 Å². The predicted molar refractivity (Wildman–Crippen MR) is 47.2 cm³/mol. The van der Waals surface area contributed by atoms with E-state index in [1.165, 1.54) is 0 Å². The van der Waals surface area contributed by atoms with Crippen LogP contribution in [0.3, 0.4) is 0 Å². The lowest BCUT2D eigenvalue weighted by atomic mass is 10.2. The van der Waals surface area contributed by atoms with Crippen LogP contribution >= 0.6 is 7.60 Å². The molecule has 0 aromatic heterocycles. The number of unbranched alkanes of at least 4 members (excludes halogenated alkanes) is 3. The third kappa shape index (κ3) is 4.85. The minimum Gasteiger partial charge on any atom is -0.257 e. The maximum absolute atomic E-state index is 11.2. The van der Waals surface area contributed by atoms with Crippen LogP contribution in [0, 0.1) is 0 Å². The summed E-state index contributed by atoms with van der Waals surface area (Å²) in [5.41, 5.74) is 0. The fourth-order valence-corrected chi connectivity index (χ4v) is 1.73. The molecule has 0 aromatic carbocycles. The van der Waals surface area contributed by atoms with E-state index in [4.69, 9.17) is 11.8 Å². The zero-order valence-electron chi connectivity index (χ0n) is 7.36. The first-order valence-corrected chi connectivity index (χ1v) is 5.77. The van der Waals surface area contributed by atoms with Gasteiger partial charge in [0.05, 0.1) is 6.16 Å². The quantitative estimate of drug-likeness (QED) is 0.366. The zero-order chi connectivity index (χ0) is 9.45. The Morgan fingerprint density at radius 3 is 2.17 bits per heavy atom. The first-order chi connectivity index (χ1) is 5.68. The summed E-state index contributed by atoms with van der Waals surface area (Å²) < 4.78 is 19.6. The lowest BCUT2D eigenvalue weighted by Crippen LogP contribution is -2.08. The Morgan fingerprint density at radius 2 is 1.75 bits per heavy atom. The number of rotatable bonds is 7. The van der Waals surface area contributed by atoms with Crippen molar-refractivity contribution in [3.05, 3.63) is 0 Å². The van der Waals surface area contributed by atoms with E-state index < -0.39 is 7.60 Å². The van der Waals surface area contributed by atoms with Crippen molar-refractivity contribution >= 4 is 7.60 Å². The van der Waals surface area contributed by atoms with Crippen molar-refractivity contribution in [2.24, 2.45) is 11.8 Å². The Labute approximate surface area is 72.8 Å². The highest BCUT2D eigenvalue weighted by Gasteiger charge is 2.21. The molecule has 5 nitrogen and oxygen atoms in total. The van der Waals surface area contributed by atoms with Gasteiger partial charge in [-0.25, -0.2) is 21.0 Å². The Bertz CT molecular complexity index is 146. The minimum absolute atomic E-state index is 0.292. The zero-order valence-corrected chi connectivity index (χ0v) is 8.26. The topological polar surface area (TPSA) is 87.6 Å². The maximum atomic E-state index is 11.2. The first-order valence-electron chi connectivity index (χ1n) is 4.04. The van der Waals surface area contributed by atoms with Gasteiger partial charge in [-0.05, 0) is 6.42 Å². The van der Waals surface area contributed by atoms with E-state index in [1.54, 1.807) is 0 Å².